The van der Waals surface area contributed by atoms with E-state index >= 15 is 0 Å². The van der Waals surface area contributed by atoms with Crippen LogP contribution in [0.2, 0.25) is 0 Å². The lowest BCUT2D eigenvalue weighted by atomic mass is 9.97. The standard InChI is InChI=1S/C23H24FN3/c1-16-6-5-7-18(12-16)23(14-21(25)22-8-3-4-11-26-22)27-15-19-13-17(2)9-10-20(19)24/h3-8,10-14,17,25,27H,9,15H2,1-2H3/b23-14-,25-21?. The molecule has 3 nitrogen and oxygen atoms in total. The molecule has 2 aromatic rings. The fraction of sp³-hybridized carbons (Fsp3) is 0.217. The van der Waals surface area contributed by atoms with Gasteiger partial charge in [-0.05, 0) is 55.2 Å². The van der Waals surface area contributed by atoms with E-state index in [2.05, 4.69) is 23.3 Å². The molecule has 1 aromatic heterocycles. The van der Waals surface area contributed by atoms with E-state index in [0.717, 1.165) is 23.2 Å². The number of hydrogen-bond donors (Lipinski definition) is 2. The summed E-state index contributed by atoms with van der Waals surface area (Å²) in [5, 5.41) is 11.7. The van der Waals surface area contributed by atoms with Gasteiger partial charge in [0.1, 0.15) is 5.83 Å². The second-order valence-corrected chi connectivity index (χ2v) is 6.87. The summed E-state index contributed by atoms with van der Waals surface area (Å²) < 4.78 is 14.1. The van der Waals surface area contributed by atoms with E-state index in [9.17, 15) is 4.39 Å². The molecule has 0 amide bonds. The predicted octanol–water partition coefficient (Wildman–Crippen LogP) is 5.21. The molecule has 138 valence electrons. The lowest BCUT2D eigenvalue weighted by molar-refractivity contribution is 0.597. The van der Waals surface area contributed by atoms with Gasteiger partial charge in [-0.15, -0.1) is 0 Å². The van der Waals surface area contributed by atoms with Gasteiger partial charge in [0.15, 0.2) is 0 Å². The van der Waals surface area contributed by atoms with Gasteiger partial charge in [0.2, 0.25) is 0 Å². The molecule has 0 radical (unpaired) electrons. The number of hydrogen-bond acceptors (Lipinski definition) is 3. The summed E-state index contributed by atoms with van der Waals surface area (Å²) in [5.41, 5.74) is 4.44. The molecule has 1 unspecified atom stereocenters. The normalized spacial score (nSPS) is 17.1. The monoisotopic (exact) mass is 361 g/mol. The van der Waals surface area contributed by atoms with Crippen molar-refractivity contribution in [2.24, 2.45) is 5.92 Å². The zero-order valence-electron chi connectivity index (χ0n) is 15.7. The fourth-order valence-electron chi connectivity index (χ4n) is 3.03. The van der Waals surface area contributed by atoms with Crippen molar-refractivity contribution in [3.63, 3.8) is 0 Å². The molecule has 27 heavy (non-hydrogen) atoms. The highest BCUT2D eigenvalue weighted by molar-refractivity contribution is 6.08. The third-order valence-electron chi connectivity index (χ3n) is 4.49. The predicted molar refractivity (Wildman–Crippen MR) is 109 cm³/mol. The molecule has 0 saturated carbocycles. The summed E-state index contributed by atoms with van der Waals surface area (Å²) in [5.74, 6) is 0.170. The summed E-state index contributed by atoms with van der Waals surface area (Å²) in [6.45, 7) is 4.48. The second kappa shape index (κ2) is 8.58. The first-order valence-electron chi connectivity index (χ1n) is 9.12. The van der Waals surface area contributed by atoms with Crippen molar-refractivity contribution in [2.75, 3.05) is 6.54 Å². The van der Waals surface area contributed by atoms with Crippen LogP contribution in [0.1, 0.15) is 30.2 Å². The minimum absolute atomic E-state index is 0.163. The van der Waals surface area contributed by atoms with Crippen LogP contribution in [-0.4, -0.2) is 17.2 Å². The van der Waals surface area contributed by atoms with E-state index < -0.39 is 0 Å². The molecule has 1 aromatic carbocycles. The van der Waals surface area contributed by atoms with E-state index in [0.29, 0.717) is 29.4 Å². The van der Waals surface area contributed by atoms with E-state index in [1.165, 1.54) is 0 Å². The molecule has 0 fully saturated rings. The van der Waals surface area contributed by atoms with Crippen LogP contribution < -0.4 is 5.32 Å². The van der Waals surface area contributed by atoms with Gasteiger partial charge in [-0.2, -0.15) is 0 Å². The Morgan fingerprint density at radius 3 is 2.89 bits per heavy atom. The summed E-state index contributed by atoms with van der Waals surface area (Å²) in [4.78, 5) is 4.24. The summed E-state index contributed by atoms with van der Waals surface area (Å²) >= 11 is 0. The van der Waals surface area contributed by atoms with Gasteiger partial charge < -0.3 is 5.32 Å². The van der Waals surface area contributed by atoms with Gasteiger partial charge in [-0.25, -0.2) is 4.39 Å². The first-order chi connectivity index (χ1) is 13.0. The maximum absolute atomic E-state index is 14.1. The van der Waals surface area contributed by atoms with Gasteiger partial charge in [0.05, 0.1) is 11.4 Å². The first kappa shape index (κ1) is 18.8. The average molecular weight is 361 g/mol. The number of halogens is 1. The largest absolute Gasteiger partial charge is 0.380 e. The van der Waals surface area contributed by atoms with Crippen molar-refractivity contribution >= 4 is 11.4 Å². The molecule has 3 rings (SSSR count). The van der Waals surface area contributed by atoms with Crippen LogP contribution >= 0.6 is 0 Å². The molecule has 4 heteroatoms. The van der Waals surface area contributed by atoms with Crippen LogP contribution in [0, 0.1) is 18.3 Å². The zero-order valence-corrected chi connectivity index (χ0v) is 15.7. The third-order valence-corrected chi connectivity index (χ3v) is 4.49. The van der Waals surface area contributed by atoms with Gasteiger partial charge in [0.25, 0.3) is 0 Å². The van der Waals surface area contributed by atoms with E-state index in [1.807, 2.05) is 43.3 Å². The van der Waals surface area contributed by atoms with Crippen LogP contribution in [-0.2, 0) is 0 Å². The Kier molecular flexibility index (Phi) is 5.97. The van der Waals surface area contributed by atoms with Gasteiger partial charge in [-0.3, -0.25) is 10.4 Å². The summed E-state index contributed by atoms with van der Waals surface area (Å²) in [7, 11) is 0. The number of allylic oxidation sites excluding steroid dienone is 3. The average Bonchev–Trinajstić information content (AvgIpc) is 2.68. The third kappa shape index (κ3) is 5.00. The van der Waals surface area contributed by atoms with E-state index in [-0.39, 0.29) is 5.83 Å². The lowest BCUT2D eigenvalue weighted by Gasteiger charge is -2.18. The number of nitrogens with one attached hydrogen (secondary N) is 2. The highest BCUT2D eigenvalue weighted by Gasteiger charge is 2.14. The number of nitrogens with zero attached hydrogens (tertiary/aromatic N) is 1. The fourth-order valence-corrected chi connectivity index (χ4v) is 3.03. The maximum Gasteiger partial charge on any atom is 0.123 e. The Labute approximate surface area is 159 Å². The quantitative estimate of drug-likeness (QED) is 0.694. The number of aromatic nitrogens is 1. The lowest BCUT2D eigenvalue weighted by Crippen LogP contribution is -2.19. The van der Waals surface area contributed by atoms with Crippen molar-refractivity contribution in [3.8, 4) is 0 Å². The Hall–Kier alpha value is -3.01. The highest BCUT2D eigenvalue weighted by Crippen LogP contribution is 2.24. The van der Waals surface area contributed by atoms with E-state index in [1.54, 1.807) is 24.4 Å². The summed E-state index contributed by atoms with van der Waals surface area (Å²) in [6, 6.07) is 13.5. The minimum Gasteiger partial charge on any atom is -0.380 e. The molecule has 1 atom stereocenters. The van der Waals surface area contributed by atoms with Crippen molar-refractivity contribution in [1.29, 1.82) is 5.41 Å². The van der Waals surface area contributed by atoms with Crippen molar-refractivity contribution in [2.45, 2.75) is 20.3 Å². The molecule has 1 aliphatic carbocycles. The maximum atomic E-state index is 14.1. The number of benzene rings is 1. The van der Waals surface area contributed by atoms with Crippen molar-refractivity contribution in [3.05, 3.63) is 95.1 Å². The Morgan fingerprint density at radius 2 is 2.15 bits per heavy atom. The molecule has 2 N–H and O–H groups in total. The molecule has 0 spiro atoms. The molecule has 0 aliphatic heterocycles. The molecule has 0 bridgehead atoms. The molecule has 1 aliphatic rings. The zero-order chi connectivity index (χ0) is 19.2. The Bertz CT molecular complexity index is 910. The first-order valence-corrected chi connectivity index (χ1v) is 9.12. The van der Waals surface area contributed by atoms with Crippen LogP contribution in [0.15, 0.2) is 78.3 Å². The van der Waals surface area contributed by atoms with Crippen molar-refractivity contribution in [1.82, 2.24) is 10.3 Å². The molecular weight excluding hydrogens is 337 g/mol. The topological polar surface area (TPSA) is 48.8 Å². The van der Waals surface area contributed by atoms with Crippen LogP contribution in [0.5, 0.6) is 0 Å². The highest BCUT2D eigenvalue weighted by atomic mass is 19.1. The van der Waals surface area contributed by atoms with Gasteiger partial charge in [0, 0.05) is 24.0 Å². The number of aryl methyl sites for hydroxylation is 1. The number of rotatable bonds is 6. The van der Waals surface area contributed by atoms with Crippen LogP contribution in [0.3, 0.4) is 0 Å². The molecule has 0 saturated heterocycles. The van der Waals surface area contributed by atoms with Crippen LogP contribution in [0.25, 0.3) is 5.70 Å². The van der Waals surface area contributed by atoms with Crippen molar-refractivity contribution < 1.29 is 4.39 Å². The van der Waals surface area contributed by atoms with E-state index in [4.69, 9.17) is 5.41 Å². The molecular formula is C23H24FN3. The Balaban J connectivity index is 1.87. The SMILES string of the molecule is Cc1cccc(/C(=C/C(=N)c2ccccn2)NCC2=CC(C)CC=C2F)c1. The van der Waals surface area contributed by atoms with Gasteiger partial charge >= 0.3 is 0 Å². The Morgan fingerprint density at radius 1 is 1.30 bits per heavy atom. The minimum atomic E-state index is -0.163. The van der Waals surface area contributed by atoms with Crippen LogP contribution in [0.4, 0.5) is 4.39 Å². The number of pyridine rings is 1. The van der Waals surface area contributed by atoms with Gasteiger partial charge in [-0.1, -0.05) is 42.8 Å². The second-order valence-electron chi connectivity index (χ2n) is 6.87. The summed E-state index contributed by atoms with van der Waals surface area (Å²) in [6.07, 6.45) is 7.78. The smallest absolute Gasteiger partial charge is 0.123 e. The molecule has 1 heterocycles.